The molecule has 2 atom stereocenters. The highest BCUT2D eigenvalue weighted by atomic mass is 16.5. The monoisotopic (exact) mass is 233 g/mol. The third kappa shape index (κ3) is 3.22. The molecule has 1 aliphatic carbocycles. The smallest absolute Gasteiger partial charge is 0.118 e. The van der Waals surface area contributed by atoms with Crippen molar-refractivity contribution in [3.8, 4) is 5.75 Å². The number of nitrogens with one attached hydrogen (secondary N) is 1. The van der Waals surface area contributed by atoms with Gasteiger partial charge in [0.2, 0.25) is 0 Å². The zero-order valence-corrected chi connectivity index (χ0v) is 10.9. The van der Waals surface area contributed by atoms with Crippen molar-refractivity contribution in [3.63, 3.8) is 0 Å². The molecule has 0 spiro atoms. The van der Waals surface area contributed by atoms with Crippen LogP contribution in [-0.4, -0.2) is 13.2 Å². The van der Waals surface area contributed by atoms with Crippen LogP contribution in [0.5, 0.6) is 5.75 Å². The van der Waals surface area contributed by atoms with Crippen LogP contribution in [0, 0.1) is 5.92 Å². The van der Waals surface area contributed by atoms with Gasteiger partial charge in [-0.3, -0.25) is 0 Å². The molecule has 1 fully saturated rings. The van der Waals surface area contributed by atoms with Gasteiger partial charge in [-0.25, -0.2) is 0 Å². The summed E-state index contributed by atoms with van der Waals surface area (Å²) < 4.78 is 5.16. The SMILES string of the molecule is CCC1CCCC1NCc1ccc(OC)cc1. The minimum Gasteiger partial charge on any atom is -0.497 e. The second-order valence-corrected chi connectivity index (χ2v) is 4.93. The Bertz CT molecular complexity index is 333. The topological polar surface area (TPSA) is 21.3 Å². The molecular formula is C15H23NO. The summed E-state index contributed by atoms with van der Waals surface area (Å²) in [5.74, 6) is 1.81. The summed E-state index contributed by atoms with van der Waals surface area (Å²) in [6, 6.07) is 9.07. The Morgan fingerprint density at radius 2 is 2.00 bits per heavy atom. The average molecular weight is 233 g/mol. The first kappa shape index (κ1) is 12.4. The van der Waals surface area contributed by atoms with Gasteiger partial charge in [0.15, 0.2) is 0 Å². The maximum absolute atomic E-state index is 5.16. The summed E-state index contributed by atoms with van der Waals surface area (Å²) in [6.45, 7) is 3.28. The van der Waals surface area contributed by atoms with Gasteiger partial charge in [-0.2, -0.15) is 0 Å². The van der Waals surface area contributed by atoms with E-state index in [4.69, 9.17) is 4.74 Å². The Labute approximate surface area is 104 Å². The number of methoxy groups -OCH3 is 1. The molecule has 1 aromatic carbocycles. The van der Waals surface area contributed by atoms with Gasteiger partial charge in [0.25, 0.3) is 0 Å². The van der Waals surface area contributed by atoms with E-state index in [9.17, 15) is 0 Å². The van der Waals surface area contributed by atoms with E-state index in [2.05, 4.69) is 24.4 Å². The summed E-state index contributed by atoms with van der Waals surface area (Å²) >= 11 is 0. The van der Waals surface area contributed by atoms with Crippen LogP contribution in [0.4, 0.5) is 0 Å². The first-order chi connectivity index (χ1) is 8.33. The minimum absolute atomic E-state index is 0.724. The van der Waals surface area contributed by atoms with Crippen molar-refractivity contribution in [2.45, 2.75) is 45.2 Å². The van der Waals surface area contributed by atoms with E-state index in [-0.39, 0.29) is 0 Å². The van der Waals surface area contributed by atoms with Crippen molar-refractivity contribution in [2.24, 2.45) is 5.92 Å². The molecule has 94 valence electrons. The second kappa shape index (κ2) is 6.06. The summed E-state index contributed by atoms with van der Waals surface area (Å²) in [6.07, 6.45) is 5.44. The van der Waals surface area contributed by atoms with Crippen LogP contribution in [0.25, 0.3) is 0 Å². The van der Waals surface area contributed by atoms with Gasteiger partial charge in [0.1, 0.15) is 5.75 Å². The number of ether oxygens (including phenoxy) is 1. The Morgan fingerprint density at radius 3 is 2.65 bits per heavy atom. The predicted molar refractivity (Wildman–Crippen MR) is 71.3 cm³/mol. The third-order valence-corrected chi connectivity index (χ3v) is 3.91. The van der Waals surface area contributed by atoms with Gasteiger partial charge in [-0.1, -0.05) is 31.9 Å². The molecular weight excluding hydrogens is 210 g/mol. The van der Waals surface area contributed by atoms with Crippen LogP contribution < -0.4 is 10.1 Å². The molecule has 0 radical (unpaired) electrons. The lowest BCUT2D eigenvalue weighted by atomic mass is 10.0. The largest absolute Gasteiger partial charge is 0.497 e. The normalized spacial score (nSPS) is 23.9. The fourth-order valence-corrected chi connectivity index (χ4v) is 2.79. The molecule has 0 heterocycles. The van der Waals surface area contributed by atoms with E-state index in [1.165, 1.54) is 31.2 Å². The van der Waals surface area contributed by atoms with Crippen molar-refractivity contribution < 1.29 is 4.74 Å². The van der Waals surface area contributed by atoms with E-state index < -0.39 is 0 Å². The van der Waals surface area contributed by atoms with Gasteiger partial charge in [-0.15, -0.1) is 0 Å². The van der Waals surface area contributed by atoms with E-state index in [1.54, 1.807) is 7.11 Å². The van der Waals surface area contributed by atoms with Crippen LogP contribution >= 0.6 is 0 Å². The van der Waals surface area contributed by atoms with Crippen molar-refractivity contribution >= 4 is 0 Å². The van der Waals surface area contributed by atoms with E-state index in [1.807, 2.05) is 12.1 Å². The molecule has 2 heteroatoms. The van der Waals surface area contributed by atoms with Gasteiger partial charge < -0.3 is 10.1 Å². The zero-order valence-electron chi connectivity index (χ0n) is 10.9. The molecule has 2 nitrogen and oxygen atoms in total. The molecule has 2 rings (SSSR count). The first-order valence-electron chi connectivity index (χ1n) is 6.69. The highest BCUT2D eigenvalue weighted by Crippen LogP contribution is 2.28. The zero-order chi connectivity index (χ0) is 12.1. The van der Waals surface area contributed by atoms with Crippen LogP contribution in [-0.2, 0) is 6.54 Å². The first-order valence-corrected chi connectivity index (χ1v) is 6.69. The summed E-state index contributed by atoms with van der Waals surface area (Å²) in [4.78, 5) is 0. The molecule has 0 bridgehead atoms. The van der Waals surface area contributed by atoms with Crippen LogP contribution in [0.15, 0.2) is 24.3 Å². The Hall–Kier alpha value is -1.02. The predicted octanol–water partition coefficient (Wildman–Crippen LogP) is 3.36. The number of hydrogen-bond acceptors (Lipinski definition) is 2. The quantitative estimate of drug-likeness (QED) is 0.842. The maximum atomic E-state index is 5.16. The Balaban J connectivity index is 1.84. The standard InChI is InChI=1S/C15H23NO/c1-3-13-5-4-6-15(13)16-11-12-7-9-14(17-2)10-8-12/h7-10,13,15-16H,3-6,11H2,1-2H3. The van der Waals surface area contributed by atoms with Crippen LogP contribution in [0.2, 0.25) is 0 Å². The van der Waals surface area contributed by atoms with E-state index in [0.29, 0.717) is 0 Å². The summed E-state index contributed by atoms with van der Waals surface area (Å²) in [5.41, 5.74) is 1.34. The second-order valence-electron chi connectivity index (χ2n) is 4.93. The fraction of sp³-hybridized carbons (Fsp3) is 0.600. The van der Waals surface area contributed by atoms with Crippen molar-refractivity contribution in [1.29, 1.82) is 0 Å². The Morgan fingerprint density at radius 1 is 1.24 bits per heavy atom. The molecule has 0 saturated heterocycles. The van der Waals surface area contributed by atoms with Gasteiger partial charge in [0.05, 0.1) is 7.11 Å². The molecule has 1 aliphatic rings. The van der Waals surface area contributed by atoms with Crippen molar-refractivity contribution in [2.75, 3.05) is 7.11 Å². The number of benzene rings is 1. The molecule has 0 amide bonds. The molecule has 1 aromatic rings. The highest BCUT2D eigenvalue weighted by molar-refractivity contribution is 5.27. The van der Waals surface area contributed by atoms with Gasteiger partial charge >= 0.3 is 0 Å². The highest BCUT2D eigenvalue weighted by Gasteiger charge is 2.24. The Kier molecular flexibility index (Phi) is 4.43. The minimum atomic E-state index is 0.724. The van der Waals surface area contributed by atoms with E-state index in [0.717, 1.165) is 24.3 Å². The molecule has 0 aromatic heterocycles. The lowest BCUT2D eigenvalue weighted by molar-refractivity contribution is 0.389. The molecule has 17 heavy (non-hydrogen) atoms. The maximum Gasteiger partial charge on any atom is 0.118 e. The van der Waals surface area contributed by atoms with Gasteiger partial charge in [0, 0.05) is 12.6 Å². The van der Waals surface area contributed by atoms with E-state index >= 15 is 0 Å². The summed E-state index contributed by atoms with van der Waals surface area (Å²) in [7, 11) is 1.71. The van der Waals surface area contributed by atoms with Crippen molar-refractivity contribution in [3.05, 3.63) is 29.8 Å². The average Bonchev–Trinajstić information content (AvgIpc) is 2.84. The molecule has 2 unspecified atom stereocenters. The number of rotatable bonds is 5. The number of hydrogen-bond donors (Lipinski definition) is 1. The van der Waals surface area contributed by atoms with Crippen molar-refractivity contribution in [1.82, 2.24) is 5.32 Å². The fourth-order valence-electron chi connectivity index (χ4n) is 2.79. The molecule has 1 N–H and O–H groups in total. The summed E-state index contributed by atoms with van der Waals surface area (Å²) in [5, 5.41) is 3.70. The molecule has 1 saturated carbocycles. The molecule has 0 aliphatic heterocycles. The van der Waals surface area contributed by atoms with Crippen LogP contribution in [0.1, 0.15) is 38.2 Å². The third-order valence-electron chi connectivity index (χ3n) is 3.91. The van der Waals surface area contributed by atoms with Crippen LogP contribution in [0.3, 0.4) is 0 Å². The van der Waals surface area contributed by atoms with Gasteiger partial charge in [-0.05, 0) is 36.5 Å². The lowest BCUT2D eigenvalue weighted by Gasteiger charge is -2.19. The lowest BCUT2D eigenvalue weighted by Crippen LogP contribution is -2.31.